The lowest BCUT2D eigenvalue weighted by Crippen LogP contribution is -2.70. The Morgan fingerprint density at radius 2 is 1.70 bits per heavy atom. The number of ketones is 1. The fraction of sp³-hybridized carbons (Fsp3) is 0.595. The molecule has 56 heavy (non-hydrogen) atoms. The van der Waals surface area contributed by atoms with Crippen molar-refractivity contribution in [2.45, 2.75) is 127 Å². The second-order valence-electron chi connectivity index (χ2n) is 17.6. The smallest absolute Gasteiger partial charge is 0.327 e. The summed E-state index contributed by atoms with van der Waals surface area (Å²) in [4.78, 5) is 77.7. The number of rotatable bonds is 9. The zero-order chi connectivity index (χ0) is 39.9. The molecule has 4 aliphatic carbocycles. The topological polar surface area (TPSA) is 182 Å². The molecule has 2 N–H and O–H groups in total. The number of aryl methyl sites for hydroxylation is 1. The number of aromatic nitrogens is 1. The SMILES string of the molecule is Cc1onc(-c2ccc(OC(=O)CCC(=O)OC3CCC4C5CCC6=CC(=O)CCC6(C)C5CCC34C)cc2)c1C(=O)NC1C(=O)N2C1SC(C)(C)C2C(=O)O. The van der Waals surface area contributed by atoms with Gasteiger partial charge in [0.1, 0.15) is 46.3 Å². The number of carboxylic acid groups (broad SMARTS) is 1. The molecule has 6 aliphatic rings. The fourth-order valence-electron chi connectivity index (χ4n) is 11.2. The first-order chi connectivity index (χ1) is 26.5. The third-order valence-electron chi connectivity index (χ3n) is 14.1. The third-order valence-corrected chi connectivity index (χ3v) is 15.7. The van der Waals surface area contributed by atoms with Crippen molar-refractivity contribution in [2.24, 2.45) is 28.6 Å². The van der Waals surface area contributed by atoms with Crippen molar-refractivity contribution in [3.63, 3.8) is 0 Å². The molecule has 9 unspecified atom stereocenters. The highest BCUT2D eigenvalue weighted by Crippen LogP contribution is 2.65. The van der Waals surface area contributed by atoms with E-state index in [1.165, 1.54) is 22.2 Å². The van der Waals surface area contributed by atoms with Crippen LogP contribution >= 0.6 is 11.8 Å². The zero-order valence-corrected chi connectivity index (χ0v) is 33.2. The maximum Gasteiger partial charge on any atom is 0.327 e. The van der Waals surface area contributed by atoms with E-state index in [1.54, 1.807) is 45.0 Å². The van der Waals surface area contributed by atoms with E-state index in [0.29, 0.717) is 29.7 Å². The fourth-order valence-corrected chi connectivity index (χ4v) is 12.8. The van der Waals surface area contributed by atoms with E-state index in [-0.39, 0.29) is 58.3 Å². The maximum absolute atomic E-state index is 13.5. The number of ether oxygens (including phenoxy) is 2. The van der Waals surface area contributed by atoms with Crippen LogP contribution in [0.2, 0.25) is 0 Å². The number of carbonyl (C=O) groups is 6. The predicted octanol–water partition coefficient (Wildman–Crippen LogP) is 6.02. The van der Waals surface area contributed by atoms with Gasteiger partial charge in [0.25, 0.3) is 5.91 Å². The molecule has 8 rings (SSSR count). The molecule has 0 spiro atoms. The quantitative estimate of drug-likeness (QED) is 0.171. The Labute approximate surface area is 329 Å². The highest BCUT2D eigenvalue weighted by atomic mass is 32.2. The first-order valence-corrected chi connectivity index (χ1v) is 20.6. The molecular formula is C42H49N3O10S. The number of carbonyl (C=O) groups excluding carboxylic acids is 5. The number of nitrogens with zero attached hydrogens (tertiary/aromatic N) is 2. The predicted molar refractivity (Wildman–Crippen MR) is 203 cm³/mol. The Kier molecular flexibility index (Phi) is 9.52. The van der Waals surface area contributed by atoms with Crippen molar-refractivity contribution in [3.8, 4) is 17.0 Å². The second kappa shape index (κ2) is 13.9. The molecule has 0 bridgehead atoms. The highest BCUT2D eigenvalue weighted by molar-refractivity contribution is 8.01. The maximum atomic E-state index is 13.5. The van der Waals surface area contributed by atoms with Crippen LogP contribution in [0.25, 0.3) is 11.3 Å². The van der Waals surface area contributed by atoms with Gasteiger partial charge in [-0.05, 0) is 119 Å². The van der Waals surface area contributed by atoms with E-state index in [4.69, 9.17) is 14.0 Å². The van der Waals surface area contributed by atoms with Gasteiger partial charge in [0, 0.05) is 22.1 Å². The number of esters is 2. The average Bonchev–Trinajstić information content (AvgIpc) is 3.78. The largest absolute Gasteiger partial charge is 0.480 e. The van der Waals surface area contributed by atoms with Gasteiger partial charge in [0.05, 0.1) is 12.8 Å². The summed E-state index contributed by atoms with van der Waals surface area (Å²) in [5.41, 5.74) is 2.20. The molecule has 2 aliphatic heterocycles. The zero-order valence-electron chi connectivity index (χ0n) is 32.4. The Balaban J connectivity index is 0.835. The van der Waals surface area contributed by atoms with Crippen LogP contribution in [0.3, 0.4) is 0 Å². The van der Waals surface area contributed by atoms with Crippen molar-refractivity contribution in [2.75, 3.05) is 0 Å². The van der Waals surface area contributed by atoms with Crippen molar-refractivity contribution < 1.29 is 47.9 Å². The Morgan fingerprint density at radius 3 is 2.43 bits per heavy atom. The minimum absolute atomic E-state index is 0.0907. The molecule has 1 aromatic heterocycles. The summed E-state index contributed by atoms with van der Waals surface area (Å²) in [7, 11) is 0. The highest BCUT2D eigenvalue weighted by Gasteiger charge is 2.64. The number of carboxylic acids is 1. The minimum atomic E-state index is -1.09. The van der Waals surface area contributed by atoms with Gasteiger partial charge in [-0.2, -0.15) is 0 Å². The number of nitrogens with one attached hydrogen (secondary N) is 1. The van der Waals surface area contributed by atoms with Crippen LogP contribution in [-0.4, -0.2) is 79.0 Å². The van der Waals surface area contributed by atoms with Gasteiger partial charge in [-0.15, -0.1) is 11.8 Å². The van der Waals surface area contributed by atoms with Crippen LogP contribution in [0, 0.1) is 35.5 Å². The van der Waals surface area contributed by atoms with E-state index in [0.717, 1.165) is 44.9 Å². The molecule has 0 radical (unpaired) electrons. The lowest BCUT2D eigenvalue weighted by Gasteiger charge is -2.57. The van der Waals surface area contributed by atoms with E-state index in [1.807, 2.05) is 6.08 Å². The number of amides is 2. The van der Waals surface area contributed by atoms with Gasteiger partial charge >= 0.3 is 17.9 Å². The molecule has 2 saturated heterocycles. The minimum Gasteiger partial charge on any atom is -0.480 e. The van der Waals surface area contributed by atoms with Gasteiger partial charge < -0.3 is 29.3 Å². The second-order valence-corrected chi connectivity index (χ2v) is 19.4. The summed E-state index contributed by atoms with van der Waals surface area (Å²) in [5.74, 6) is -0.783. The number of fused-ring (bicyclic) bond motifs is 6. The van der Waals surface area contributed by atoms with E-state index in [9.17, 15) is 33.9 Å². The summed E-state index contributed by atoms with van der Waals surface area (Å²) in [5, 5.41) is 16.0. The van der Waals surface area contributed by atoms with Crippen LogP contribution in [0.5, 0.6) is 5.75 Å². The number of hydrogen-bond acceptors (Lipinski definition) is 11. The summed E-state index contributed by atoms with van der Waals surface area (Å²) in [6, 6.07) is 4.47. The Bertz CT molecular complexity index is 2040. The van der Waals surface area contributed by atoms with Crippen LogP contribution in [0.15, 0.2) is 40.4 Å². The average molecular weight is 788 g/mol. The Hall–Kier alpha value is -4.46. The lowest BCUT2D eigenvalue weighted by atomic mass is 9.47. The molecule has 2 aromatic rings. The van der Waals surface area contributed by atoms with Crippen molar-refractivity contribution in [1.29, 1.82) is 0 Å². The van der Waals surface area contributed by atoms with Gasteiger partial charge in [-0.25, -0.2) is 4.79 Å². The first kappa shape index (κ1) is 38.4. The molecular weight excluding hydrogens is 739 g/mol. The van der Waals surface area contributed by atoms with Gasteiger partial charge in [0.2, 0.25) is 5.91 Å². The number of allylic oxidation sites excluding steroid dienone is 1. The van der Waals surface area contributed by atoms with Gasteiger partial charge in [0.15, 0.2) is 5.78 Å². The molecule has 3 heterocycles. The van der Waals surface area contributed by atoms with E-state index < -0.39 is 51.9 Å². The van der Waals surface area contributed by atoms with Crippen LogP contribution in [0.4, 0.5) is 0 Å². The van der Waals surface area contributed by atoms with E-state index >= 15 is 0 Å². The molecule has 14 heteroatoms. The molecule has 298 valence electrons. The standard InChI is InChI=1S/C42H49N3O10S/c1-21-32(36(49)43-34-37(50)45-35(39(51)52)40(2,3)56-38(34)45)33(44-55-21)22-6-9-25(10-7-22)53-30(47)14-15-31(48)54-29-13-12-27-26-11-8-23-20-24(46)16-18-41(23,4)28(26)17-19-42(27,29)5/h6-7,9-10,20,26-29,34-35,38H,8,11-19H2,1-5H3,(H,43,49)(H,51,52). The summed E-state index contributed by atoms with van der Waals surface area (Å²) < 4.78 is 16.2. The lowest BCUT2D eigenvalue weighted by molar-refractivity contribution is -0.161. The molecule has 3 saturated carbocycles. The van der Waals surface area contributed by atoms with Crippen molar-refractivity contribution in [3.05, 3.63) is 47.2 Å². The summed E-state index contributed by atoms with van der Waals surface area (Å²) in [6.07, 6.45) is 9.03. The number of aliphatic carboxylic acids is 1. The van der Waals surface area contributed by atoms with Crippen LogP contribution in [0.1, 0.15) is 108 Å². The molecule has 2 amide bonds. The normalized spacial score (nSPS) is 33.9. The van der Waals surface area contributed by atoms with Crippen LogP contribution < -0.4 is 10.1 Å². The molecule has 9 atom stereocenters. The number of thioether (sulfide) groups is 1. The van der Waals surface area contributed by atoms with Crippen molar-refractivity contribution in [1.82, 2.24) is 15.4 Å². The number of benzene rings is 1. The Morgan fingerprint density at radius 1 is 0.964 bits per heavy atom. The molecule has 1 aromatic carbocycles. The summed E-state index contributed by atoms with van der Waals surface area (Å²) >= 11 is 1.33. The summed E-state index contributed by atoms with van der Waals surface area (Å²) in [6.45, 7) is 9.75. The first-order valence-electron chi connectivity index (χ1n) is 19.8. The third kappa shape index (κ3) is 6.26. The number of β-lactam (4-membered cyclic amide) rings is 1. The van der Waals surface area contributed by atoms with Crippen LogP contribution in [-0.2, 0) is 28.7 Å². The monoisotopic (exact) mass is 787 g/mol. The van der Waals surface area contributed by atoms with Crippen molar-refractivity contribution >= 4 is 47.3 Å². The molecule has 5 fully saturated rings. The van der Waals surface area contributed by atoms with Gasteiger partial charge in [-0.1, -0.05) is 24.6 Å². The number of hydrogen-bond donors (Lipinski definition) is 2. The van der Waals surface area contributed by atoms with E-state index in [2.05, 4.69) is 24.3 Å². The molecule has 13 nitrogen and oxygen atoms in total. The van der Waals surface area contributed by atoms with Gasteiger partial charge in [-0.3, -0.25) is 24.0 Å².